The van der Waals surface area contributed by atoms with Gasteiger partial charge in [-0.25, -0.2) is 0 Å². The van der Waals surface area contributed by atoms with Crippen LogP contribution in [-0.2, 0) is 19.7 Å². The molecule has 0 aliphatic carbocycles. The predicted molar refractivity (Wildman–Crippen MR) is 69.9 cm³/mol. The Balaban J connectivity index is 2.82. The number of ether oxygens (including phenoxy) is 1. The number of carboxylic acid groups (broad SMARTS) is 1. The van der Waals surface area contributed by atoms with Crippen molar-refractivity contribution >= 4 is 16.2 Å². The van der Waals surface area contributed by atoms with Gasteiger partial charge in [-0.05, 0) is 19.8 Å². The van der Waals surface area contributed by atoms with E-state index >= 15 is 0 Å². The van der Waals surface area contributed by atoms with E-state index in [0.29, 0.717) is 0 Å². The number of hydrogen-bond acceptors (Lipinski definition) is 4. The van der Waals surface area contributed by atoms with Crippen molar-refractivity contribution in [2.24, 2.45) is 5.92 Å². The molecule has 112 valence electrons. The lowest BCUT2D eigenvalue weighted by Crippen LogP contribution is -2.55. The summed E-state index contributed by atoms with van der Waals surface area (Å²) in [6.07, 6.45) is -0.412. The molecule has 1 rings (SSSR count). The number of nitrogens with zero attached hydrogens (tertiary/aromatic N) is 1. The van der Waals surface area contributed by atoms with E-state index in [4.69, 9.17) is 9.84 Å². The molecule has 0 amide bonds. The minimum atomic E-state index is -3.82. The van der Waals surface area contributed by atoms with Crippen LogP contribution in [0.15, 0.2) is 0 Å². The Kier molecular flexibility index (Phi) is 5.31. The van der Waals surface area contributed by atoms with Crippen LogP contribution in [0.3, 0.4) is 0 Å². The topological polar surface area (TPSA) is 95.9 Å². The molecule has 8 heteroatoms. The van der Waals surface area contributed by atoms with Gasteiger partial charge in [0.1, 0.15) is 6.04 Å². The van der Waals surface area contributed by atoms with E-state index in [1.807, 2.05) is 0 Å². The summed E-state index contributed by atoms with van der Waals surface area (Å²) in [5, 5.41) is 9.04. The highest BCUT2D eigenvalue weighted by atomic mass is 32.2. The fourth-order valence-corrected chi connectivity index (χ4v) is 3.69. The van der Waals surface area contributed by atoms with E-state index in [1.165, 1.54) is 4.31 Å². The van der Waals surface area contributed by atoms with Gasteiger partial charge in [0.25, 0.3) is 10.2 Å². The van der Waals surface area contributed by atoms with Crippen LogP contribution in [0.25, 0.3) is 0 Å². The molecular weight excluding hydrogens is 272 g/mol. The van der Waals surface area contributed by atoms with Crippen molar-refractivity contribution < 1.29 is 23.1 Å². The number of morpholine rings is 1. The Hall–Kier alpha value is -0.700. The van der Waals surface area contributed by atoms with Gasteiger partial charge < -0.3 is 9.84 Å². The Bertz CT molecular complexity index is 413. The van der Waals surface area contributed by atoms with Crippen molar-refractivity contribution in [2.45, 2.75) is 45.9 Å². The average Bonchev–Trinajstić information content (AvgIpc) is 2.23. The first kappa shape index (κ1) is 16.4. The second-order valence-corrected chi connectivity index (χ2v) is 6.96. The van der Waals surface area contributed by atoms with Crippen molar-refractivity contribution in [2.75, 3.05) is 13.1 Å². The molecule has 1 aliphatic rings. The van der Waals surface area contributed by atoms with Crippen molar-refractivity contribution in [3.63, 3.8) is 0 Å². The fraction of sp³-hybridized carbons (Fsp3) is 0.909. The van der Waals surface area contributed by atoms with E-state index in [2.05, 4.69) is 4.72 Å². The molecule has 0 aromatic carbocycles. The number of aliphatic carboxylic acids is 1. The Morgan fingerprint density at radius 1 is 1.32 bits per heavy atom. The molecule has 1 fully saturated rings. The third-order valence-electron chi connectivity index (χ3n) is 2.93. The van der Waals surface area contributed by atoms with Crippen LogP contribution < -0.4 is 4.72 Å². The summed E-state index contributed by atoms with van der Waals surface area (Å²) in [5.74, 6) is -1.50. The summed E-state index contributed by atoms with van der Waals surface area (Å²) in [4.78, 5) is 11.1. The zero-order valence-corrected chi connectivity index (χ0v) is 12.5. The van der Waals surface area contributed by atoms with E-state index in [-0.39, 0.29) is 31.2 Å². The summed E-state index contributed by atoms with van der Waals surface area (Å²) in [5.41, 5.74) is 0. The summed E-state index contributed by atoms with van der Waals surface area (Å²) in [7, 11) is -3.82. The van der Waals surface area contributed by atoms with E-state index in [1.54, 1.807) is 27.7 Å². The molecule has 0 radical (unpaired) electrons. The highest BCUT2D eigenvalue weighted by Crippen LogP contribution is 2.15. The van der Waals surface area contributed by atoms with Crippen LogP contribution in [0.5, 0.6) is 0 Å². The molecule has 0 saturated carbocycles. The van der Waals surface area contributed by atoms with Gasteiger partial charge >= 0.3 is 5.97 Å². The SMILES string of the molecule is CC1CN(S(=O)(=O)N[C@@H](C(=O)O)C(C)C)CC(C)O1. The van der Waals surface area contributed by atoms with Gasteiger partial charge in [0.15, 0.2) is 0 Å². The molecule has 0 aromatic heterocycles. The van der Waals surface area contributed by atoms with E-state index in [0.717, 1.165) is 0 Å². The molecule has 3 atom stereocenters. The number of nitrogens with one attached hydrogen (secondary N) is 1. The second kappa shape index (κ2) is 6.17. The fourth-order valence-electron chi connectivity index (χ4n) is 2.03. The zero-order chi connectivity index (χ0) is 14.8. The molecule has 0 bridgehead atoms. The van der Waals surface area contributed by atoms with Crippen molar-refractivity contribution in [1.29, 1.82) is 0 Å². The largest absolute Gasteiger partial charge is 0.480 e. The van der Waals surface area contributed by atoms with Crippen molar-refractivity contribution in [3.8, 4) is 0 Å². The summed E-state index contributed by atoms with van der Waals surface area (Å²) < 4.78 is 33.3. The monoisotopic (exact) mass is 294 g/mol. The summed E-state index contributed by atoms with van der Waals surface area (Å²) in [6, 6.07) is -1.13. The van der Waals surface area contributed by atoms with E-state index in [9.17, 15) is 13.2 Å². The molecule has 0 spiro atoms. The second-order valence-electron chi connectivity index (χ2n) is 5.26. The molecule has 7 nitrogen and oxygen atoms in total. The Morgan fingerprint density at radius 3 is 2.16 bits per heavy atom. The first-order valence-corrected chi connectivity index (χ1v) is 7.73. The lowest BCUT2D eigenvalue weighted by atomic mass is 10.1. The van der Waals surface area contributed by atoms with Gasteiger partial charge in [-0.3, -0.25) is 4.79 Å². The van der Waals surface area contributed by atoms with E-state index < -0.39 is 22.2 Å². The smallest absolute Gasteiger partial charge is 0.322 e. The van der Waals surface area contributed by atoms with Crippen LogP contribution in [0.1, 0.15) is 27.7 Å². The molecule has 1 saturated heterocycles. The van der Waals surface area contributed by atoms with Gasteiger partial charge in [0.05, 0.1) is 12.2 Å². The van der Waals surface area contributed by atoms with Crippen LogP contribution in [0.2, 0.25) is 0 Å². The minimum absolute atomic E-state index is 0.206. The minimum Gasteiger partial charge on any atom is -0.480 e. The van der Waals surface area contributed by atoms with Crippen LogP contribution in [0, 0.1) is 5.92 Å². The maximum absolute atomic E-state index is 12.2. The maximum Gasteiger partial charge on any atom is 0.322 e. The first-order chi connectivity index (χ1) is 8.63. The highest BCUT2D eigenvalue weighted by molar-refractivity contribution is 7.87. The molecule has 2 unspecified atom stereocenters. The summed E-state index contributed by atoms with van der Waals surface area (Å²) in [6.45, 7) is 7.34. The number of rotatable bonds is 5. The van der Waals surface area contributed by atoms with Gasteiger partial charge in [-0.2, -0.15) is 17.4 Å². The lowest BCUT2D eigenvalue weighted by Gasteiger charge is -2.35. The third kappa shape index (κ3) is 4.41. The lowest BCUT2D eigenvalue weighted by molar-refractivity contribution is -0.140. The number of carboxylic acids is 1. The highest BCUT2D eigenvalue weighted by Gasteiger charge is 2.35. The van der Waals surface area contributed by atoms with Gasteiger partial charge in [0, 0.05) is 13.1 Å². The maximum atomic E-state index is 12.2. The Labute approximate surface area is 114 Å². The van der Waals surface area contributed by atoms with Crippen LogP contribution >= 0.6 is 0 Å². The third-order valence-corrected chi connectivity index (χ3v) is 4.46. The number of carbonyl (C=O) groups is 1. The quantitative estimate of drug-likeness (QED) is 0.746. The number of hydrogen-bond donors (Lipinski definition) is 2. The Morgan fingerprint density at radius 2 is 1.79 bits per heavy atom. The van der Waals surface area contributed by atoms with Crippen molar-refractivity contribution in [3.05, 3.63) is 0 Å². The molecular formula is C11H22N2O5S. The summed E-state index contributed by atoms with van der Waals surface area (Å²) >= 11 is 0. The normalized spacial score (nSPS) is 27.4. The van der Waals surface area contributed by atoms with Crippen molar-refractivity contribution in [1.82, 2.24) is 9.03 Å². The van der Waals surface area contributed by atoms with Gasteiger partial charge in [-0.15, -0.1) is 0 Å². The average molecular weight is 294 g/mol. The molecule has 1 aliphatic heterocycles. The standard InChI is InChI=1S/C11H22N2O5S/c1-7(2)10(11(14)15)12-19(16,17)13-5-8(3)18-9(4)6-13/h7-10,12H,5-6H2,1-4H3,(H,14,15)/t8?,9?,10-/m1/s1. The van der Waals surface area contributed by atoms with Crippen LogP contribution in [-0.4, -0.2) is 55.1 Å². The molecule has 1 heterocycles. The van der Waals surface area contributed by atoms with Gasteiger partial charge in [-0.1, -0.05) is 13.8 Å². The zero-order valence-electron chi connectivity index (χ0n) is 11.7. The molecule has 0 aromatic rings. The van der Waals surface area contributed by atoms with Crippen LogP contribution in [0.4, 0.5) is 0 Å². The first-order valence-electron chi connectivity index (χ1n) is 6.29. The molecule has 19 heavy (non-hydrogen) atoms. The predicted octanol–water partition coefficient (Wildman–Crippen LogP) is 0.0392. The molecule has 2 N–H and O–H groups in total. The van der Waals surface area contributed by atoms with Gasteiger partial charge in [0.2, 0.25) is 0 Å².